The first-order valence-corrected chi connectivity index (χ1v) is 5.45. The van der Waals surface area contributed by atoms with Crippen molar-refractivity contribution in [2.24, 2.45) is 0 Å². The van der Waals surface area contributed by atoms with Crippen molar-refractivity contribution < 1.29 is 0 Å². The van der Waals surface area contributed by atoms with Gasteiger partial charge in [-0.05, 0) is 30.5 Å². The van der Waals surface area contributed by atoms with E-state index in [1.165, 1.54) is 5.56 Å². The predicted octanol–water partition coefficient (Wildman–Crippen LogP) is 2.02. The summed E-state index contributed by atoms with van der Waals surface area (Å²) in [5, 5.41) is 3.36. The third-order valence-corrected chi connectivity index (χ3v) is 2.33. The largest absolute Gasteiger partial charge is 0.303 e. The summed E-state index contributed by atoms with van der Waals surface area (Å²) < 4.78 is 0. The Balaban J connectivity index is 2.24. The Morgan fingerprint density at radius 1 is 1.47 bits per heavy atom. The molecule has 0 aliphatic rings. The van der Waals surface area contributed by atoms with Crippen LogP contribution in [0, 0.1) is 12.3 Å². The molecule has 0 spiro atoms. The maximum Gasteiger partial charge on any atom is 0.0686 e. The molecular weight excluding hydrogens is 184 g/mol. The van der Waals surface area contributed by atoms with E-state index >= 15 is 0 Å². The number of hydrogen-bond acceptors (Lipinski definition) is 2. The Morgan fingerprint density at radius 3 is 2.80 bits per heavy atom. The van der Waals surface area contributed by atoms with Gasteiger partial charge in [-0.2, -0.15) is 0 Å². The van der Waals surface area contributed by atoms with Gasteiger partial charge in [-0.3, -0.25) is 4.98 Å². The number of nitrogens with one attached hydrogen (secondary N) is 1. The van der Waals surface area contributed by atoms with E-state index in [1.807, 2.05) is 24.5 Å². The summed E-state index contributed by atoms with van der Waals surface area (Å²) in [6.45, 7) is 3.08. The molecule has 1 aromatic heterocycles. The van der Waals surface area contributed by atoms with Gasteiger partial charge in [0.1, 0.15) is 0 Å². The summed E-state index contributed by atoms with van der Waals surface area (Å²) in [5.41, 5.74) is 1.30. The second kappa shape index (κ2) is 7.03. The van der Waals surface area contributed by atoms with Crippen LogP contribution < -0.4 is 5.32 Å². The van der Waals surface area contributed by atoms with Crippen molar-refractivity contribution in [1.82, 2.24) is 10.3 Å². The van der Waals surface area contributed by atoms with E-state index in [0.29, 0.717) is 0 Å². The Morgan fingerprint density at radius 2 is 2.20 bits per heavy atom. The summed E-state index contributed by atoms with van der Waals surface area (Å²) in [6.07, 6.45) is 12.2. The molecule has 1 rings (SSSR count). The zero-order chi connectivity index (χ0) is 10.9. The Bertz CT molecular complexity index is 300. The Hall–Kier alpha value is -1.33. The van der Waals surface area contributed by atoms with E-state index in [4.69, 9.17) is 6.42 Å². The number of hydrogen-bond donors (Lipinski definition) is 1. The third kappa shape index (κ3) is 4.62. The minimum atomic E-state index is 0.219. The fraction of sp³-hybridized carbons (Fsp3) is 0.462. The number of pyridine rings is 1. The normalized spacial score (nSPS) is 12.0. The van der Waals surface area contributed by atoms with Gasteiger partial charge in [-0.1, -0.05) is 19.3 Å². The van der Waals surface area contributed by atoms with Crippen LogP contribution in [0.1, 0.15) is 25.3 Å². The molecule has 0 aliphatic heterocycles. The lowest BCUT2D eigenvalue weighted by atomic mass is 10.1. The molecule has 0 aromatic carbocycles. The number of aromatic nitrogens is 1. The number of rotatable bonds is 6. The molecule has 1 N–H and O–H groups in total. The van der Waals surface area contributed by atoms with Crippen LogP contribution in [0.3, 0.4) is 0 Å². The summed E-state index contributed by atoms with van der Waals surface area (Å²) in [7, 11) is 0. The van der Waals surface area contributed by atoms with Crippen LogP contribution in [0.2, 0.25) is 0 Å². The second-order valence-electron chi connectivity index (χ2n) is 3.57. The lowest BCUT2D eigenvalue weighted by molar-refractivity contribution is 0.565. The Kier molecular flexibility index (Phi) is 5.50. The highest BCUT2D eigenvalue weighted by Crippen LogP contribution is 1.98. The zero-order valence-electron chi connectivity index (χ0n) is 9.24. The fourth-order valence-electron chi connectivity index (χ4n) is 1.47. The summed E-state index contributed by atoms with van der Waals surface area (Å²) >= 11 is 0. The lowest BCUT2D eigenvalue weighted by Gasteiger charge is -2.11. The minimum absolute atomic E-state index is 0.219. The second-order valence-corrected chi connectivity index (χ2v) is 3.57. The van der Waals surface area contributed by atoms with Crippen molar-refractivity contribution in [3.05, 3.63) is 30.1 Å². The van der Waals surface area contributed by atoms with E-state index in [0.717, 1.165) is 25.8 Å². The molecule has 0 saturated carbocycles. The SMILES string of the molecule is C#CC(CCC)NCCc1ccncc1. The standard InChI is InChI=1S/C13H18N2/c1-3-5-13(4-2)15-11-8-12-6-9-14-10-7-12/h2,6-7,9-10,13,15H,3,5,8,11H2,1H3. The lowest BCUT2D eigenvalue weighted by Crippen LogP contribution is -2.29. The van der Waals surface area contributed by atoms with Crippen molar-refractivity contribution in [3.8, 4) is 12.3 Å². The average Bonchev–Trinajstić information content (AvgIpc) is 2.29. The minimum Gasteiger partial charge on any atom is -0.303 e. The van der Waals surface area contributed by atoms with E-state index < -0.39 is 0 Å². The van der Waals surface area contributed by atoms with Crippen LogP contribution in [0.5, 0.6) is 0 Å². The molecule has 15 heavy (non-hydrogen) atoms. The van der Waals surface area contributed by atoms with Crippen LogP contribution in [0.4, 0.5) is 0 Å². The van der Waals surface area contributed by atoms with Crippen LogP contribution in [0.25, 0.3) is 0 Å². The average molecular weight is 202 g/mol. The molecule has 0 amide bonds. The summed E-state index contributed by atoms with van der Waals surface area (Å²) in [6, 6.07) is 4.29. The smallest absolute Gasteiger partial charge is 0.0686 e. The molecule has 1 heterocycles. The highest BCUT2D eigenvalue weighted by atomic mass is 14.9. The molecule has 0 saturated heterocycles. The molecule has 0 bridgehead atoms. The number of nitrogens with zero attached hydrogens (tertiary/aromatic N) is 1. The van der Waals surface area contributed by atoms with Gasteiger partial charge in [0.25, 0.3) is 0 Å². The van der Waals surface area contributed by atoms with Crippen LogP contribution in [-0.2, 0) is 6.42 Å². The third-order valence-electron chi connectivity index (χ3n) is 2.33. The van der Waals surface area contributed by atoms with E-state index in [-0.39, 0.29) is 6.04 Å². The van der Waals surface area contributed by atoms with Gasteiger partial charge in [0.15, 0.2) is 0 Å². The molecule has 1 atom stereocenters. The Labute approximate surface area is 92.1 Å². The van der Waals surface area contributed by atoms with Crippen molar-refractivity contribution in [2.75, 3.05) is 6.54 Å². The first-order chi connectivity index (χ1) is 7.36. The van der Waals surface area contributed by atoms with E-state index in [2.05, 4.69) is 23.1 Å². The molecule has 2 heteroatoms. The van der Waals surface area contributed by atoms with E-state index in [9.17, 15) is 0 Å². The first kappa shape index (κ1) is 11.7. The maximum absolute atomic E-state index is 5.42. The maximum atomic E-state index is 5.42. The van der Waals surface area contributed by atoms with Gasteiger partial charge >= 0.3 is 0 Å². The molecule has 1 aromatic rings. The molecule has 0 radical (unpaired) electrons. The summed E-state index contributed by atoms with van der Waals surface area (Å²) in [5.74, 6) is 2.77. The van der Waals surface area contributed by atoms with Gasteiger partial charge in [0.2, 0.25) is 0 Å². The van der Waals surface area contributed by atoms with Gasteiger partial charge in [-0.15, -0.1) is 6.42 Å². The van der Waals surface area contributed by atoms with E-state index in [1.54, 1.807) is 0 Å². The van der Waals surface area contributed by atoms with Crippen molar-refractivity contribution >= 4 is 0 Å². The van der Waals surface area contributed by atoms with Crippen LogP contribution in [0.15, 0.2) is 24.5 Å². The number of terminal acetylenes is 1. The van der Waals surface area contributed by atoms with Gasteiger partial charge in [0.05, 0.1) is 6.04 Å². The quantitative estimate of drug-likeness (QED) is 0.714. The van der Waals surface area contributed by atoms with Crippen LogP contribution >= 0.6 is 0 Å². The predicted molar refractivity (Wildman–Crippen MR) is 63.5 cm³/mol. The van der Waals surface area contributed by atoms with Gasteiger partial charge in [-0.25, -0.2) is 0 Å². The molecular formula is C13H18N2. The molecule has 1 unspecified atom stereocenters. The van der Waals surface area contributed by atoms with Crippen molar-refractivity contribution in [3.63, 3.8) is 0 Å². The first-order valence-electron chi connectivity index (χ1n) is 5.45. The van der Waals surface area contributed by atoms with Gasteiger partial charge in [0, 0.05) is 18.9 Å². The topological polar surface area (TPSA) is 24.9 Å². The van der Waals surface area contributed by atoms with Crippen molar-refractivity contribution in [1.29, 1.82) is 0 Å². The fourth-order valence-corrected chi connectivity index (χ4v) is 1.47. The van der Waals surface area contributed by atoms with Gasteiger partial charge < -0.3 is 5.32 Å². The summed E-state index contributed by atoms with van der Waals surface area (Å²) in [4.78, 5) is 3.98. The van der Waals surface area contributed by atoms with Crippen LogP contribution in [-0.4, -0.2) is 17.6 Å². The highest BCUT2D eigenvalue weighted by molar-refractivity contribution is 5.10. The monoisotopic (exact) mass is 202 g/mol. The molecule has 0 fully saturated rings. The molecule has 80 valence electrons. The van der Waals surface area contributed by atoms with Crippen molar-refractivity contribution in [2.45, 2.75) is 32.2 Å². The molecule has 0 aliphatic carbocycles. The molecule has 2 nitrogen and oxygen atoms in total. The zero-order valence-corrected chi connectivity index (χ0v) is 9.24. The highest BCUT2D eigenvalue weighted by Gasteiger charge is 2.01.